The van der Waals surface area contributed by atoms with Crippen molar-refractivity contribution in [3.8, 4) is 0 Å². The number of amides is 1. The van der Waals surface area contributed by atoms with Crippen molar-refractivity contribution in [1.29, 1.82) is 0 Å². The van der Waals surface area contributed by atoms with E-state index in [1.54, 1.807) is 13.8 Å². The van der Waals surface area contributed by atoms with Crippen molar-refractivity contribution in [2.75, 3.05) is 33.4 Å². The van der Waals surface area contributed by atoms with Crippen LogP contribution < -0.4 is 0 Å². The summed E-state index contributed by atoms with van der Waals surface area (Å²) >= 11 is 5.09. The fourth-order valence-corrected chi connectivity index (χ4v) is 5.37. The predicted molar refractivity (Wildman–Crippen MR) is 96.3 cm³/mol. The molecule has 154 valence electrons. The first kappa shape index (κ1) is 22.2. The summed E-state index contributed by atoms with van der Waals surface area (Å²) in [7, 11) is 0.910. The SMILES string of the molecule is CCOC(=O)N1CC2CC(=O)C(C(OC)(SC(=S)OCC)C(F)(F)F)C2C1. The number of likely N-dealkylation sites (tertiary alicyclic amines) is 1. The number of hydrogen-bond donors (Lipinski definition) is 0. The first-order chi connectivity index (χ1) is 12.6. The molecule has 11 heteroatoms. The Bertz CT molecular complexity index is 603. The number of Topliss-reactive ketones (excluding diaryl/α,β-unsaturated/α-hetero) is 1. The molecule has 0 aromatic carbocycles. The van der Waals surface area contributed by atoms with E-state index < -0.39 is 34.8 Å². The number of ether oxygens (including phenoxy) is 3. The molecule has 1 aliphatic carbocycles. The molecule has 0 spiro atoms. The zero-order valence-electron chi connectivity index (χ0n) is 15.2. The minimum atomic E-state index is -4.87. The van der Waals surface area contributed by atoms with Crippen molar-refractivity contribution in [3.63, 3.8) is 0 Å². The van der Waals surface area contributed by atoms with Gasteiger partial charge in [0, 0.05) is 26.6 Å². The van der Waals surface area contributed by atoms with E-state index >= 15 is 0 Å². The zero-order chi connectivity index (χ0) is 20.4. The number of thiocarbonyl (C=S) groups is 1. The standard InChI is InChI=1S/C16H22F3NO5S2/c1-4-24-13(22)20-7-9-6-11(21)12(10(9)8-20)15(23-3,16(17,18)19)27-14(26)25-5-2/h9-10,12H,4-8H2,1-3H3. The van der Waals surface area contributed by atoms with Crippen molar-refractivity contribution in [2.45, 2.75) is 31.4 Å². The Labute approximate surface area is 165 Å². The van der Waals surface area contributed by atoms with E-state index in [0.29, 0.717) is 0 Å². The minimum absolute atomic E-state index is 0.00303. The van der Waals surface area contributed by atoms with Crippen LogP contribution in [0, 0.1) is 17.8 Å². The second-order valence-electron chi connectivity index (χ2n) is 6.33. The van der Waals surface area contributed by atoms with Gasteiger partial charge in [-0.3, -0.25) is 4.79 Å². The number of ketones is 1. The molecule has 2 fully saturated rings. The minimum Gasteiger partial charge on any atom is -0.479 e. The Balaban J connectivity index is 2.35. The lowest BCUT2D eigenvalue weighted by atomic mass is 9.87. The smallest absolute Gasteiger partial charge is 0.428 e. The lowest BCUT2D eigenvalue weighted by molar-refractivity contribution is -0.247. The van der Waals surface area contributed by atoms with Crippen LogP contribution in [0.3, 0.4) is 0 Å². The van der Waals surface area contributed by atoms with Gasteiger partial charge in [0.15, 0.2) is 0 Å². The molecule has 2 rings (SSSR count). The van der Waals surface area contributed by atoms with Crippen LogP contribution in [0.1, 0.15) is 20.3 Å². The molecule has 0 aromatic rings. The number of methoxy groups -OCH3 is 1. The molecular weight excluding hydrogens is 407 g/mol. The van der Waals surface area contributed by atoms with Crippen molar-refractivity contribution in [1.82, 2.24) is 4.90 Å². The number of fused-ring (bicyclic) bond motifs is 1. The van der Waals surface area contributed by atoms with Gasteiger partial charge in [-0.2, -0.15) is 13.2 Å². The molecule has 1 heterocycles. The average Bonchev–Trinajstić information content (AvgIpc) is 3.09. The van der Waals surface area contributed by atoms with Crippen LogP contribution in [-0.2, 0) is 19.0 Å². The molecule has 6 nitrogen and oxygen atoms in total. The number of carbonyl (C=O) groups excluding carboxylic acids is 2. The maximum Gasteiger partial charge on any atom is 0.428 e. The Morgan fingerprint density at radius 2 is 1.89 bits per heavy atom. The molecular formula is C16H22F3NO5S2. The van der Waals surface area contributed by atoms with Gasteiger partial charge in [-0.05, 0) is 49.7 Å². The van der Waals surface area contributed by atoms with Crippen LogP contribution in [-0.4, -0.2) is 65.7 Å². The molecule has 4 atom stereocenters. The van der Waals surface area contributed by atoms with Gasteiger partial charge in [-0.1, -0.05) is 0 Å². The Kier molecular flexibility index (Phi) is 7.01. The van der Waals surface area contributed by atoms with Crippen LogP contribution in [0.5, 0.6) is 0 Å². The molecule has 1 saturated heterocycles. The first-order valence-corrected chi connectivity index (χ1v) is 9.75. The predicted octanol–water partition coefficient (Wildman–Crippen LogP) is 3.24. The van der Waals surface area contributed by atoms with Crippen LogP contribution in [0.2, 0.25) is 0 Å². The molecule has 1 saturated carbocycles. The zero-order valence-corrected chi connectivity index (χ0v) is 16.8. The molecule has 0 aromatic heterocycles. The summed E-state index contributed by atoms with van der Waals surface area (Å²) in [5, 5.41) is 0. The molecule has 2 aliphatic rings. The van der Waals surface area contributed by atoms with E-state index in [9.17, 15) is 22.8 Å². The number of halogens is 3. The quantitative estimate of drug-likeness (QED) is 0.491. The van der Waals surface area contributed by atoms with Gasteiger partial charge in [0.25, 0.3) is 0 Å². The van der Waals surface area contributed by atoms with Gasteiger partial charge in [0.05, 0.1) is 19.1 Å². The summed E-state index contributed by atoms with van der Waals surface area (Å²) in [4.78, 5) is 23.0. The number of alkyl halides is 3. The van der Waals surface area contributed by atoms with Crippen LogP contribution in [0.4, 0.5) is 18.0 Å². The summed E-state index contributed by atoms with van der Waals surface area (Å²) < 4.78 is 56.9. The van der Waals surface area contributed by atoms with Crippen LogP contribution in [0.25, 0.3) is 0 Å². The van der Waals surface area contributed by atoms with Gasteiger partial charge in [0.1, 0.15) is 5.78 Å². The van der Waals surface area contributed by atoms with Crippen LogP contribution >= 0.6 is 24.0 Å². The number of nitrogens with zero attached hydrogens (tertiary/aromatic N) is 1. The summed E-state index contributed by atoms with van der Waals surface area (Å²) in [5.74, 6) is -3.10. The third-order valence-electron chi connectivity index (χ3n) is 4.86. The highest BCUT2D eigenvalue weighted by atomic mass is 32.2. The number of rotatable bonds is 5. The number of carbonyl (C=O) groups is 2. The highest BCUT2D eigenvalue weighted by molar-refractivity contribution is 8.23. The molecule has 4 unspecified atom stereocenters. The molecule has 27 heavy (non-hydrogen) atoms. The maximum absolute atomic E-state index is 14.1. The molecule has 1 aliphatic heterocycles. The second-order valence-corrected chi connectivity index (χ2v) is 8.14. The second kappa shape index (κ2) is 8.52. The lowest BCUT2D eigenvalue weighted by Crippen LogP contribution is -2.55. The van der Waals surface area contributed by atoms with E-state index in [0.717, 1.165) is 7.11 Å². The van der Waals surface area contributed by atoms with Gasteiger partial charge in [-0.15, -0.1) is 0 Å². The van der Waals surface area contributed by atoms with Crippen molar-refractivity contribution in [3.05, 3.63) is 0 Å². The Hall–Kier alpha value is -1.07. The Morgan fingerprint density at radius 3 is 2.41 bits per heavy atom. The first-order valence-electron chi connectivity index (χ1n) is 8.53. The summed E-state index contributed by atoms with van der Waals surface area (Å²) in [6.45, 7) is 3.69. The highest BCUT2D eigenvalue weighted by Crippen LogP contribution is 2.56. The summed E-state index contributed by atoms with van der Waals surface area (Å²) in [5.41, 5.74) is 0. The molecule has 0 radical (unpaired) electrons. The molecule has 0 bridgehead atoms. The fraction of sp³-hybridized carbons (Fsp3) is 0.812. The summed E-state index contributed by atoms with van der Waals surface area (Å²) in [6, 6.07) is 0. The normalized spacial score (nSPS) is 27.3. The lowest BCUT2D eigenvalue weighted by Gasteiger charge is -2.39. The van der Waals surface area contributed by atoms with Crippen molar-refractivity contribution < 1.29 is 37.0 Å². The monoisotopic (exact) mass is 429 g/mol. The van der Waals surface area contributed by atoms with E-state index in [1.165, 1.54) is 4.90 Å². The Morgan fingerprint density at radius 1 is 1.26 bits per heavy atom. The topological polar surface area (TPSA) is 65.1 Å². The summed E-state index contributed by atoms with van der Waals surface area (Å²) in [6.07, 6.45) is -5.51. The average molecular weight is 429 g/mol. The van der Waals surface area contributed by atoms with E-state index in [-0.39, 0.29) is 54.8 Å². The fourth-order valence-electron chi connectivity index (χ4n) is 3.82. The van der Waals surface area contributed by atoms with E-state index in [2.05, 4.69) is 0 Å². The van der Waals surface area contributed by atoms with Gasteiger partial charge < -0.3 is 19.1 Å². The van der Waals surface area contributed by atoms with Crippen molar-refractivity contribution in [2.24, 2.45) is 17.8 Å². The molecule has 0 N–H and O–H groups in total. The van der Waals surface area contributed by atoms with Gasteiger partial charge in [-0.25, -0.2) is 4.79 Å². The van der Waals surface area contributed by atoms with Crippen LogP contribution in [0.15, 0.2) is 0 Å². The largest absolute Gasteiger partial charge is 0.479 e. The number of thioether (sulfide) groups is 1. The van der Waals surface area contributed by atoms with E-state index in [4.69, 9.17) is 26.4 Å². The molecule has 1 amide bonds. The van der Waals surface area contributed by atoms with Crippen molar-refractivity contribution >= 4 is 40.2 Å². The maximum atomic E-state index is 14.1. The van der Waals surface area contributed by atoms with Gasteiger partial charge >= 0.3 is 12.3 Å². The van der Waals surface area contributed by atoms with E-state index in [1.807, 2.05) is 0 Å². The van der Waals surface area contributed by atoms with Gasteiger partial charge in [0.2, 0.25) is 9.32 Å². The third-order valence-corrected chi connectivity index (χ3v) is 6.47. The number of hydrogen-bond acceptors (Lipinski definition) is 7. The third kappa shape index (κ3) is 4.19. The highest BCUT2D eigenvalue weighted by Gasteiger charge is 2.69.